The van der Waals surface area contributed by atoms with Crippen LogP contribution >= 0.6 is 0 Å². The third-order valence-corrected chi connectivity index (χ3v) is 5.67. The zero-order valence-corrected chi connectivity index (χ0v) is 22.0. The molecule has 0 fully saturated rings. The second kappa shape index (κ2) is 12.0. The lowest BCUT2D eigenvalue weighted by Gasteiger charge is -2.14. The number of alkyl halides is 3. The highest BCUT2D eigenvalue weighted by molar-refractivity contribution is 5.97. The molecule has 0 aliphatic heterocycles. The first-order chi connectivity index (χ1) is 19.6. The van der Waals surface area contributed by atoms with E-state index in [1.807, 2.05) is 6.92 Å². The summed E-state index contributed by atoms with van der Waals surface area (Å²) in [5, 5.41) is -0.262. The molecule has 214 valence electrons. The summed E-state index contributed by atoms with van der Waals surface area (Å²) in [6.45, 7) is 2.03. The van der Waals surface area contributed by atoms with Crippen LogP contribution < -0.4 is 24.4 Å². The Bertz CT molecular complexity index is 1620. The second-order valence-electron chi connectivity index (χ2n) is 8.43. The van der Waals surface area contributed by atoms with E-state index in [9.17, 15) is 27.6 Å². The minimum Gasteiger partial charge on any atom is -0.496 e. The topological polar surface area (TPSA) is 110 Å². The number of carbonyl (C=O) groups is 2. The Morgan fingerprint density at radius 1 is 0.878 bits per heavy atom. The fraction of sp³-hybridized carbons (Fsp3) is 0.207. The number of hydrogen-bond donors (Lipinski definition) is 0. The summed E-state index contributed by atoms with van der Waals surface area (Å²) < 4.78 is 72.9. The zero-order valence-electron chi connectivity index (χ0n) is 22.0. The Morgan fingerprint density at radius 3 is 2.10 bits per heavy atom. The van der Waals surface area contributed by atoms with Crippen molar-refractivity contribution in [3.05, 3.63) is 87.8 Å². The first-order valence-corrected chi connectivity index (χ1v) is 12.1. The molecule has 41 heavy (non-hydrogen) atoms. The van der Waals surface area contributed by atoms with Crippen molar-refractivity contribution >= 4 is 22.9 Å². The summed E-state index contributed by atoms with van der Waals surface area (Å²) in [6.07, 6.45) is -4.50. The minimum atomic E-state index is -5.12. The molecule has 1 aromatic heterocycles. The number of carbonyl (C=O) groups excluding carboxylic acids is 2. The molecule has 0 aliphatic carbocycles. The number of fused-ring (bicyclic) bond motifs is 1. The van der Waals surface area contributed by atoms with Gasteiger partial charge in [0, 0.05) is 6.07 Å². The summed E-state index contributed by atoms with van der Waals surface area (Å²) >= 11 is 0. The van der Waals surface area contributed by atoms with Crippen molar-refractivity contribution in [3.63, 3.8) is 0 Å². The first kappa shape index (κ1) is 29.0. The van der Waals surface area contributed by atoms with Crippen LogP contribution in [0.3, 0.4) is 0 Å². The SMILES string of the molecule is CCCOC(=O)c1ccc(Oc2c(C(F)(F)F)oc3cc(OC(=O)c4c(OC)cccc4OC)ccc3c2=O)cc1. The molecule has 9 nitrogen and oxygen atoms in total. The van der Waals surface area contributed by atoms with Gasteiger partial charge in [-0.05, 0) is 55.0 Å². The molecule has 0 aliphatic rings. The number of ether oxygens (including phenoxy) is 5. The molecule has 3 aromatic carbocycles. The molecule has 0 amide bonds. The van der Waals surface area contributed by atoms with Gasteiger partial charge in [0.2, 0.25) is 11.2 Å². The number of halogens is 3. The lowest BCUT2D eigenvalue weighted by Crippen LogP contribution is -2.16. The molecule has 0 unspecified atom stereocenters. The van der Waals surface area contributed by atoms with Crippen LogP contribution in [0.4, 0.5) is 13.2 Å². The van der Waals surface area contributed by atoms with Crippen molar-refractivity contribution in [2.45, 2.75) is 19.5 Å². The van der Waals surface area contributed by atoms with E-state index in [0.29, 0.717) is 6.42 Å². The summed E-state index contributed by atoms with van der Waals surface area (Å²) in [6, 6.07) is 13.0. The predicted molar refractivity (Wildman–Crippen MR) is 139 cm³/mol. The first-order valence-electron chi connectivity index (χ1n) is 12.1. The van der Waals surface area contributed by atoms with Gasteiger partial charge in [0.1, 0.15) is 34.1 Å². The van der Waals surface area contributed by atoms with Crippen LogP contribution in [-0.4, -0.2) is 32.8 Å². The number of esters is 2. The third kappa shape index (κ3) is 6.26. The van der Waals surface area contributed by atoms with Crippen molar-refractivity contribution in [1.82, 2.24) is 0 Å². The van der Waals surface area contributed by atoms with Gasteiger partial charge in [-0.2, -0.15) is 13.2 Å². The zero-order chi connectivity index (χ0) is 29.7. The molecule has 1 heterocycles. The monoisotopic (exact) mass is 572 g/mol. The second-order valence-corrected chi connectivity index (χ2v) is 8.43. The van der Waals surface area contributed by atoms with Gasteiger partial charge in [-0.3, -0.25) is 4.79 Å². The molecular weight excluding hydrogens is 549 g/mol. The summed E-state index contributed by atoms with van der Waals surface area (Å²) in [5.74, 6) is -4.38. The highest BCUT2D eigenvalue weighted by atomic mass is 19.4. The highest BCUT2D eigenvalue weighted by Gasteiger charge is 2.40. The van der Waals surface area contributed by atoms with Gasteiger partial charge >= 0.3 is 18.1 Å². The average molecular weight is 572 g/mol. The number of rotatable bonds is 9. The van der Waals surface area contributed by atoms with Crippen molar-refractivity contribution in [2.24, 2.45) is 0 Å². The standard InChI is InChI=1S/C29H23F3O9/c1-4-14-38-27(34)16-8-10-17(11-9-16)39-25-24(33)19-13-12-18(15-22(19)41-26(25)29(30,31)32)40-28(35)23-20(36-2)6-5-7-21(23)37-3/h5-13,15H,4,14H2,1-3H3. The van der Waals surface area contributed by atoms with Gasteiger partial charge in [0.05, 0.1) is 31.8 Å². The fourth-order valence-electron chi connectivity index (χ4n) is 3.76. The molecule has 0 atom stereocenters. The van der Waals surface area contributed by atoms with Crippen molar-refractivity contribution in [3.8, 4) is 28.7 Å². The maximum Gasteiger partial charge on any atom is 0.453 e. The Labute approximate surface area is 231 Å². The smallest absolute Gasteiger partial charge is 0.453 e. The Kier molecular flexibility index (Phi) is 8.51. The maximum atomic E-state index is 14.0. The van der Waals surface area contributed by atoms with Gasteiger partial charge in [-0.1, -0.05) is 13.0 Å². The molecular formula is C29H23F3O9. The van der Waals surface area contributed by atoms with Crippen molar-refractivity contribution in [2.75, 3.05) is 20.8 Å². The van der Waals surface area contributed by atoms with Crippen LogP contribution in [0.25, 0.3) is 11.0 Å². The van der Waals surface area contributed by atoms with E-state index in [-0.39, 0.29) is 46.1 Å². The third-order valence-electron chi connectivity index (χ3n) is 5.67. The van der Waals surface area contributed by atoms with E-state index >= 15 is 0 Å². The fourth-order valence-corrected chi connectivity index (χ4v) is 3.76. The van der Waals surface area contributed by atoms with E-state index in [1.54, 1.807) is 6.07 Å². The maximum absolute atomic E-state index is 14.0. The quantitative estimate of drug-likeness (QED) is 0.166. The predicted octanol–water partition coefficient (Wildman–Crippen LogP) is 6.41. The van der Waals surface area contributed by atoms with Gasteiger partial charge in [0.25, 0.3) is 5.76 Å². The van der Waals surface area contributed by atoms with Crippen LogP contribution in [0.2, 0.25) is 0 Å². The van der Waals surface area contributed by atoms with E-state index in [2.05, 4.69) is 0 Å². The lowest BCUT2D eigenvalue weighted by molar-refractivity contribution is -0.154. The van der Waals surface area contributed by atoms with Gasteiger partial charge in [-0.25, -0.2) is 9.59 Å². The van der Waals surface area contributed by atoms with E-state index in [1.165, 1.54) is 56.7 Å². The van der Waals surface area contributed by atoms with E-state index in [4.69, 9.17) is 28.1 Å². The van der Waals surface area contributed by atoms with Gasteiger partial charge < -0.3 is 28.1 Å². The lowest BCUT2D eigenvalue weighted by atomic mass is 10.1. The molecule has 0 saturated carbocycles. The molecule has 4 rings (SSSR count). The van der Waals surface area contributed by atoms with Crippen molar-refractivity contribution < 1.29 is 50.9 Å². The Morgan fingerprint density at radius 2 is 1.51 bits per heavy atom. The van der Waals surface area contributed by atoms with Crippen LogP contribution in [0.1, 0.15) is 39.8 Å². The summed E-state index contributed by atoms with van der Waals surface area (Å²) in [7, 11) is 2.68. The van der Waals surface area contributed by atoms with Crippen LogP contribution in [0, 0.1) is 0 Å². The molecule has 12 heteroatoms. The van der Waals surface area contributed by atoms with Gasteiger partial charge in [0.15, 0.2) is 0 Å². The van der Waals surface area contributed by atoms with E-state index < -0.39 is 40.6 Å². The van der Waals surface area contributed by atoms with Crippen LogP contribution in [0.15, 0.2) is 69.9 Å². The van der Waals surface area contributed by atoms with Crippen molar-refractivity contribution in [1.29, 1.82) is 0 Å². The molecule has 0 bridgehead atoms. The molecule has 0 radical (unpaired) electrons. The molecule has 0 saturated heterocycles. The largest absolute Gasteiger partial charge is 0.496 e. The van der Waals surface area contributed by atoms with E-state index in [0.717, 1.165) is 12.1 Å². The number of methoxy groups -OCH3 is 2. The van der Waals surface area contributed by atoms with Crippen LogP contribution in [-0.2, 0) is 10.9 Å². The number of hydrogen-bond acceptors (Lipinski definition) is 9. The highest BCUT2D eigenvalue weighted by Crippen LogP contribution is 2.39. The summed E-state index contributed by atoms with van der Waals surface area (Å²) in [5.41, 5.74) is -1.51. The normalized spacial score (nSPS) is 11.2. The molecule has 4 aromatic rings. The van der Waals surface area contributed by atoms with Crippen LogP contribution in [0.5, 0.6) is 28.7 Å². The van der Waals surface area contributed by atoms with Gasteiger partial charge in [-0.15, -0.1) is 0 Å². The minimum absolute atomic E-state index is 0.0524. The number of benzene rings is 3. The molecule has 0 spiro atoms. The average Bonchev–Trinajstić information content (AvgIpc) is 2.96. The summed E-state index contributed by atoms with van der Waals surface area (Å²) in [4.78, 5) is 38.0. The Balaban J connectivity index is 1.68. The molecule has 0 N–H and O–H groups in total. The Hall–Kier alpha value is -5.00.